The summed E-state index contributed by atoms with van der Waals surface area (Å²) in [5.41, 5.74) is 1.12. The molecule has 1 fully saturated rings. The number of carbonyl (C=O) groups excluding carboxylic acids is 3. The van der Waals surface area contributed by atoms with Gasteiger partial charge in [0.05, 0.1) is 18.4 Å². The zero-order valence-corrected chi connectivity index (χ0v) is 16.8. The van der Waals surface area contributed by atoms with E-state index in [0.29, 0.717) is 17.1 Å². The molecule has 4 amide bonds. The van der Waals surface area contributed by atoms with Crippen molar-refractivity contribution < 1.29 is 29.0 Å². The van der Waals surface area contributed by atoms with E-state index in [2.05, 4.69) is 5.32 Å². The Morgan fingerprint density at radius 1 is 1.00 bits per heavy atom. The van der Waals surface area contributed by atoms with Gasteiger partial charge < -0.3 is 14.4 Å². The number of barbiturate groups is 1. The minimum atomic E-state index is -1.07. The fraction of sp³-hybridized carbons (Fsp3) is 0.0435. The van der Waals surface area contributed by atoms with E-state index in [-0.39, 0.29) is 16.8 Å². The molecule has 0 bridgehead atoms. The Labute approximate surface area is 182 Å². The average molecular weight is 431 g/mol. The Morgan fingerprint density at radius 2 is 1.75 bits per heavy atom. The van der Waals surface area contributed by atoms with Crippen LogP contribution in [-0.2, 0) is 9.59 Å². The topological polar surface area (TPSA) is 118 Å². The second-order valence-corrected chi connectivity index (χ2v) is 6.81. The van der Waals surface area contributed by atoms with Crippen LogP contribution in [0.2, 0.25) is 0 Å². The van der Waals surface area contributed by atoms with Crippen LogP contribution in [0.5, 0.6) is 5.75 Å². The summed E-state index contributed by atoms with van der Waals surface area (Å²) in [5, 5.41) is 11.4. The number of anilines is 1. The number of carboxylic acid groups (broad SMARTS) is 1. The Hall–Kier alpha value is -4.66. The summed E-state index contributed by atoms with van der Waals surface area (Å²) in [6.07, 6.45) is 3.03. The SMILES string of the molecule is COc1ccc(N2C(=O)NC(=O)/C(=C\c3cccn3-c3cccc(C(=O)O)c3)C2=O)cc1. The number of carbonyl (C=O) groups is 4. The van der Waals surface area contributed by atoms with Crippen molar-refractivity contribution in [3.8, 4) is 11.4 Å². The van der Waals surface area contributed by atoms with Gasteiger partial charge in [-0.05, 0) is 60.7 Å². The third-order valence-corrected chi connectivity index (χ3v) is 4.88. The maximum Gasteiger partial charge on any atom is 0.335 e. The number of aromatic nitrogens is 1. The molecule has 1 saturated heterocycles. The van der Waals surface area contributed by atoms with E-state index < -0.39 is 23.8 Å². The smallest absolute Gasteiger partial charge is 0.335 e. The van der Waals surface area contributed by atoms with Crippen molar-refractivity contribution in [1.29, 1.82) is 0 Å². The molecule has 1 aromatic heterocycles. The number of urea groups is 1. The molecule has 9 nitrogen and oxygen atoms in total. The number of imide groups is 2. The highest BCUT2D eigenvalue weighted by atomic mass is 16.5. The molecule has 2 heterocycles. The molecule has 2 aromatic carbocycles. The Morgan fingerprint density at radius 3 is 2.44 bits per heavy atom. The van der Waals surface area contributed by atoms with Gasteiger partial charge in [0.2, 0.25) is 0 Å². The summed E-state index contributed by atoms with van der Waals surface area (Å²) in [6, 6.07) is 15.0. The van der Waals surface area contributed by atoms with Gasteiger partial charge in [0, 0.05) is 17.6 Å². The third-order valence-electron chi connectivity index (χ3n) is 4.88. The summed E-state index contributed by atoms with van der Waals surface area (Å²) < 4.78 is 6.72. The molecule has 32 heavy (non-hydrogen) atoms. The first-order valence-electron chi connectivity index (χ1n) is 9.45. The van der Waals surface area contributed by atoms with Crippen LogP contribution in [0.3, 0.4) is 0 Å². The van der Waals surface area contributed by atoms with Crippen LogP contribution in [0, 0.1) is 0 Å². The zero-order valence-electron chi connectivity index (χ0n) is 16.8. The fourth-order valence-electron chi connectivity index (χ4n) is 3.31. The predicted octanol–water partition coefficient (Wildman–Crippen LogP) is 2.85. The standard InChI is InChI=1S/C23H17N3O6/c1-32-18-9-7-15(8-10-18)26-21(28)19(20(27)24-23(26)31)13-17-6-3-11-25(17)16-5-2-4-14(12-16)22(29)30/h2-13H,1H3,(H,29,30)(H,24,27,31)/b19-13+. The lowest BCUT2D eigenvalue weighted by molar-refractivity contribution is -0.122. The van der Waals surface area contributed by atoms with Crippen molar-refractivity contribution >= 4 is 35.6 Å². The summed E-state index contributed by atoms with van der Waals surface area (Å²) >= 11 is 0. The first kappa shape index (κ1) is 20.6. The van der Waals surface area contributed by atoms with Gasteiger partial charge >= 0.3 is 12.0 Å². The molecule has 0 unspecified atom stereocenters. The van der Waals surface area contributed by atoms with Gasteiger partial charge in [-0.1, -0.05) is 6.07 Å². The number of ether oxygens (including phenoxy) is 1. The Balaban J connectivity index is 1.72. The van der Waals surface area contributed by atoms with Crippen molar-refractivity contribution in [3.05, 3.63) is 83.7 Å². The van der Waals surface area contributed by atoms with Crippen LogP contribution in [0.15, 0.2) is 72.4 Å². The lowest BCUT2D eigenvalue weighted by Gasteiger charge is -2.26. The molecule has 4 rings (SSSR count). The molecule has 0 radical (unpaired) electrons. The van der Waals surface area contributed by atoms with Gasteiger partial charge in [-0.2, -0.15) is 0 Å². The van der Waals surface area contributed by atoms with Crippen molar-refractivity contribution in [1.82, 2.24) is 9.88 Å². The highest BCUT2D eigenvalue weighted by molar-refractivity contribution is 6.39. The molecular formula is C23H17N3O6. The number of amides is 4. The largest absolute Gasteiger partial charge is 0.497 e. The van der Waals surface area contributed by atoms with Crippen LogP contribution >= 0.6 is 0 Å². The Bertz CT molecular complexity index is 1270. The first-order valence-corrected chi connectivity index (χ1v) is 9.45. The van der Waals surface area contributed by atoms with Gasteiger partial charge in [-0.15, -0.1) is 0 Å². The van der Waals surface area contributed by atoms with Crippen molar-refractivity contribution in [2.75, 3.05) is 12.0 Å². The van der Waals surface area contributed by atoms with Gasteiger partial charge in [0.25, 0.3) is 11.8 Å². The number of methoxy groups -OCH3 is 1. The maximum atomic E-state index is 13.1. The fourth-order valence-corrected chi connectivity index (χ4v) is 3.31. The lowest BCUT2D eigenvalue weighted by atomic mass is 10.1. The van der Waals surface area contributed by atoms with E-state index in [1.165, 1.54) is 37.5 Å². The molecule has 1 aliphatic rings. The van der Waals surface area contributed by atoms with Crippen LogP contribution in [-0.4, -0.2) is 40.6 Å². The zero-order chi connectivity index (χ0) is 22.8. The van der Waals surface area contributed by atoms with Gasteiger partial charge in [0.15, 0.2) is 0 Å². The van der Waals surface area contributed by atoms with Crippen molar-refractivity contribution in [2.24, 2.45) is 0 Å². The lowest BCUT2D eigenvalue weighted by Crippen LogP contribution is -2.54. The third kappa shape index (κ3) is 3.74. The van der Waals surface area contributed by atoms with E-state index in [1.54, 1.807) is 47.2 Å². The second-order valence-electron chi connectivity index (χ2n) is 6.81. The minimum Gasteiger partial charge on any atom is -0.497 e. The van der Waals surface area contributed by atoms with Crippen LogP contribution < -0.4 is 15.0 Å². The summed E-state index contributed by atoms with van der Waals surface area (Å²) in [7, 11) is 1.49. The Kier molecular flexibility index (Phi) is 5.30. The van der Waals surface area contributed by atoms with Crippen molar-refractivity contribution in [3.63, 3.8) is 0 Å². The number of hydrogen-bond acceptors (Lipinski definition) is 5. The van der Waals surface area contributed by atoms with Gasteiger partial charge in [-0.25, -0.2) is 14.5 Å². The molecule has 0 spiro atoms. The predicted molar refractivity (Wildman–Crippen MR) is 115 cm³/mol. The number of benzene rings is 2. The number of aromatic carboxylic acids is 1. The molecule has 0 saturated carbocycles. The highest BCUT2D eigenvalue weighted by Crippen LogP contribution is 2.25. The second kappa shape index (κ2) is 8.23. The summed E-state index contributed by atoms with van der Waals surface area (Å²) in [4.78, 5) is 50.0. The van der Waals surface area contributed by atoms with Crippen LogP contribution in [0.4, 0.5) is 10.5 Å². The number of hydrogen-bond donors (Lipinski definition) is 2. The number of carboxylic acids is 1. The maximum absolute atomic E-state index is 13.1. The van der Waals surface area contributed by atoms with Crippen LogP contribution in [0.25, 0.3) is 11.8 Å². The van der Waals surface area contributed by atoms with E-state index in [0.717, 1.165) is 4.90 Å². The first-order chi connectivity index (χ1) is 15.4. The summed E-state index contributed by atoms with van der Waals surface area (Å²) in [5.74, 6) is -2.13. The van der Waals surface area contributed by atoms with Crippen molar-refractivity contribution in [2.45, 2.75) is 0 Å². The molecule has 1 aliphatic heterocycles. The number of nitrogens with zero attached hydrogens (tertiary/aromatic N) is 2. The molecule has 9 heteroatoms. The van der Waals surface area contributed by atoms with Crippen LogP contribution in [0.1, 0.15) is 16.1 Å². The van der Waals surface area contributed by atoms with E-state index >= 15 is 0 Å². The molecule has 3 aromatic rings. The van der Waals surface area contributed by atoms with E-state index in [9.17, 15) is 24.3 Å². The van der Waals surface area contributed by atoms with E-state index in [4.69, 9.17) is 4.74 Å². The number of nitrogens with one attached hydrogen (secondary N) is 1. The van der Waals surface area contributed by atoms with Gasteiger partial charge in [-0.3, -0.25) is 14.9 Å². The molecular weight excluding hydrogens is 414 g/mol. The quantitative estimate of drug-likeness (QED) is 0.474. The highest BCUT2D eigenvalue weighted by Gasteiger charge is 2.37. The average Bonchev–Trinajstić information content (AvgIpc) is 3.25. The molecule has 160 valence electrons. The normalized spacial score (nSPS) is 15.1. The molecule has 0 atom stereocenters. The monoisotopic (exact) mass is 431 g/mol. The number of rotatable bonds is 5. The summed E-state index contributed by atoms with van der Waals surface area (Å²) in [6.45, 7) is 0. The molecule has 0 aliphatic carbocycles. The molecule has 2 N–H and O–H groups in total. The minimum absolute atomic E-state index is 0.0950. The van der Waals surface area contributed by atoms with E-state index in [1.807, 2.05) is 0 Å². The van der Waals surface area contributed by atoms with Gasteiger partial charge in [0.1, 0.15) is 11.3 Å².